The first-order chi connectivity index (χ1) is 13.5. The zero-order valence-electron chi connectivity index (χ0n) is 16.8. The third kappa shape index (κ3) is 4.65. The number of carbonyl (C=O) groups is 1. The number of methoxy groups -OCH3 is 2. The van der Waals surface area contributed by atoms with Crippen LogP contribution in [0, 0.1) is 0 Å². The summed E-state index contributed by atoms with van der Waals surface area (Å²) in [7, 11) is 3.13. The fourth-order valence-corrected chi connectivity index (χ4v) is 3.67. The second kappa shape index (κ2) is 9.10. The Morgan fingerprint density at radius 2 is 1.86 bits per heavy atom. The van der Waals surface area contributed by atoms with E-state index in [0.717, 1.165) is 18.5 Å². The molecule has 1 unspecified atom stereocenters. The zero-order valence-corrected chi connectivity index (χ0v) is 16.8. The Labute approximate surface area is 165 Å². The number of rotatable bonds is 8. The standard InChI is InChI=1S/C21H29N3O4/c1-14(24-8-4-5-9-24)13-22-20(25)7-6-15-10-16-11-18(27-2)19(28-3)12-17(16)23-21(15)26/h10-12,14H,4-9,13H2,1-3H3,(H,22,25)(H,23,26). The Morgan fingerprint density at radius 1 is 1.18 bits per heavy atom. The molecule has 1 aliphatic heterocycles. The van der Waals surface area contributed by atoms with Crippen molar-refractivity contribution in [3.8, 4) is 11.5 Å². The number of aryl methyl sites for hydroxylation is 1. The van der Waals surface area contributed by atoms with Gasteiger partial charge in [-0.3, -0.25) is 14.5 Å². The van der Waals surface area contributed by atoms with Crippen molar-refractivity contribution in [1.82, 2.24) is 15.2 Å². The Morgan fingerprint density at radius 3 is 2.54 bits per heavy atom. The molecule has 0 bridgehead atoms. The molecule has 2 N–H and O–H groups in total. The van der Waals surface area contributed by atoms with Crippen molar-refractivity contribution in [3.05, 3.63) is 34.1 Å². The highest BCUT2D eigenvalue weighted by atomic mass is 16.5. The van der Waals surface area contributed by atoms with Crippen LogP contribution in [0.2, 0.25) is 0 Å². The van der Waals surface area contributed by atoms with E-state index < -0.39 is 0 Å². The molecule has 0 radical (unpaired) electrons. The van der Waals surface area contributed by atoms with Crippen molar-refractivity contribution in [2.75, 3.05) is 33.9 Å². The maximum atomic E-state index is 12.4. The number of likely N-dealkylation sites (tertiary alicyclic amines) is 1. The van der Waals surface area contributed by atoms with E-state index in [2.05, 4.69) is 22.1 Å². The van der Waals surface area contributed by atoms with E-state index in [4.69, 9.17) is 9.47 Å². The van der Waals surface area contributed by atoms with E-state index in [1.54, 1.807) is 20.3 Å². The molecule has 0 aliphatic carbocycles. The summed E-state index contributed by atoms with van der Waals surface area (Å²) in [4.78, 5) is 29.9. The van der Waals surface area contributed by atoms with E-state index in [-0.39, 0.29) is 17.9 Å². The van der Waals surface area contributed by atoms with Gasteiger partial charge in [-0.15, -0.1) is 0 Å². The molecule has 3 rings (SSSR count). The molecular formula is C21H29N3O4. The number of carbonyl (C=O) groups excluding carboxylic acids is 1. The molecule has 1 atom stereocenters. The first kappa shape index (κ1) is 20.2. The van der Waals surface area contributed by atoms with Gasteiger partial charge in [0, 0.05) is 36.0 Å². The normalized spacial score (nSPS) is 15.5. The smallest absolute Gasteiger partial charge is 0.251 e. The van der Waals surface area contributed by atoms with Crippen LogP contribution >= 0.6 is 0 Å². The maximum absolute atomic E-state index is 12.4. The van der Waals surface area contributed by atoms with Crippen molar-refractivity contribution in [1.29, 1.82) is 0 Å². The first-order valence-corrected chi connectivity index (χ1v) is 9.80. The topological polar surface area (TPSA) is 83.7 Å². The lowest BCUT2D eigenvalue weighted by Gasteiger charge is -2.23. The van der Waals surface area contributed by atoms with Crippen LogP contribution in [0.5, 0.6) is 11.5 Å². The number of pyridine rings is 1. The van der Waals surface area contributed by atoms with Crippen LogP contribution in [-0.4, -0.2) is 55.7 Å². The van der Waals surface area contributed by atoms with Crippen LogP contribution in [0.15, 0.2) is 23.0 Å². The first-order valence-electron chi connectivity index (χ1n) is 9.80. The van der Waals surface area contributed by atoms with E-state index in [0.29, 0.717) is 41.6 Å². The molecule has 7 heteroatoms. The van der Waals surface area contributed by atoms with Gasteiger partial charge in [-0.25, -0.2) is 0 Å². The van der Waals surface area contributed by atoms with Crippen LogP contribution in [0.1, 0.15) is 31.7 Å². The molecule has 2 heterocycles. The second-order valence-corrected chi connectivity index (χ2v) is 7.31. The van der Waals surface area contributed by atoms with E-state index >= 15 is 0 Å². The van der Waals surface area contributed by atoms with Gasteiger partial charge < -0.3 is 19.8 Å². The Balaban J connectivity index is 1.62. The number of ether oxygens (including phenoxy) is 2. The largest absolute Gasteiger partial charge is 0.493 e. The third-order valence-corrected chi connectivity index (χ3v) is 5.41. The molecule has 7 nitrogen and oxygen atoms in total. The Bertz CT molecular complexity index is 887. The van der Waals surface area contributed by atoms with Crippen LogP contribution in [-0.2, 0) is 11.2 Å². The van der Waals surface area contributed by atoms with Gasteiger partial charge in [-0.2, -0.15) is 0 Å². The van der Waals surface area contributed by atoms with Gasteiger partial charge in [0.2, 0.25) is 5.91 Å². The second-order valence-electron chi connectivity index (χ2n) is 7.31. The number of H-pyrrole nitrogens is 1. The fourth-order valence-electron chi connectivity index (χ4n) is 3.67. The number of hydrogen-bond acceptors (Lipinski definition) is 5. The van der Waals surface area contributed by atoms with Gasteiger partial charge in [-0.1, -0.05) is 0 Å². The molecule has 0 saturated carbocycles. The number of aromatic nitrogens is 1. The number of amides is 1. The van der Waals surface area contributed by atoms with Crippen LogP contribution in [0.4, 0.5) is 0 Å². The monoisotopic (exact) mass is 387 g/mol. The van der Waals surface area contributed by atoms with Crippen LogP contribution in [0.3, 0.4) is 0 Å². The minimum absolute atomic E-state index is 0.0298. The number of hydrogen-bond donors (Lipinski definition) is 2. The minimum Gasteiger partial charge on any atom is -0.493 e. The average Bonchev–Trinajstić information content (AvgIpc) is 3.24. The molecule has 152 valence electrons. The van der Waals surface area contributed by atoms with Crippen molar-refractivity contribution >= 4 is 16.8 Å². The molecule has 0 spiro atoms. The van der Waals surface area contributed by atoms with Gasteiger partial charge in [0.15, 0.2) is 11.5 Å². The maximum Gasteiger partial charge on any atom is 0.251 e. The number of benzene rings is 1. The Hall–Kier alpha value is -2.54. The van der Waals surface area contributed by atoms with Crippen molar-refractivity contribution < 1.29 is 14.3 Å². The van der Waals surface area contributed by atoms with Crippen LogP contribution in [0.25, 0.3) is 10.9 Å². The number of nitrogens with zero attached hydrogens (tertiary/aromatic N) is 1. The summed E-state index contributed by atoms with van der Waals surface area (Å²) in [6.07, 6.45) is 3.15. The van der Waals surface area contributed by atoms with Gasteiger partial charge >= 0.3 is 0 Å². The van der Waals surface area contributed by atoms with E-state index in [9.17, 15) is 9.59 Å². The molecule has 1 aliphatic rings. The molecule has 1 fully saturated rings. The average molecular weight is 387 g/mol. The van der Waals surface area contributed by atoms with E-state index in [1.807, 2.05) is 12.1 Å². The van der Waals surface area contributed by atoms with Crippen molar-refractivity contribution in [2.24, 2.45) is 0 Å². The predicted octanol–water partition coefficient (Wildman–Crippen LogP) is 2.08. The molecule has 2 aromatic rings. The summed E-state index contributed by atoms with van der Waals surface area (Å²) in [6.45, 7) is 5.00. The number of aromatic amines is 1. The molecule has 1 aromatic carbocycles. The summed E-state index contributed by atoms with van der Waals surface area (Å²) >= 11 is 0. The highest BCUT2D eigenvalue weighted by Crippen LogP contribution is 2.31. The predicted molar refractivity (Wildman–Crippen MR) is 109 cm³/mol. The SMILES string of the molecule is COc1cc2cc(CCC(=O)NCC(C)N3CCCC3)c(=O)[nH]c2cc1OC. The Kier molecular flexibility index (Phi) is 6.57. The quantitative estimate of drug-likeness (QED) is 0.725. The molecule has 1 aromatic heterocycles. The zero-order chi connectivity index (χ0) is 20.1. The summed E-state index contributed by atoms with van der Waals surface area (Å²) in [6, 6.07) is 5.73. The van der Waals surface area contributed by atoms with Gasteiger partial charge in [0.1, 0.15) is 0 Å². The van der Waals surface area contributed by atoms with E-state index in [1.165, 1.54) is 12.8 Å². The minimum atomic E-state index is -0.182. The van der Waals surface area contributed by atoms with Crippen LogP contribution < -0.4 is 20.3 Å². The molecular weight excluding hydrogens is 358 g/mol. The number of nitrogens with one attached hydrogen (secondary N) is 2. The highest BCUT2D eigenvalue weighted by Gasteiger charge is 2.18. The lowest BCUT2D eigenvalue weighted by Crippen LogP contribution is -2.40. The summed E-state index contributed by atoms with van der Waals surface area (Å²) in [5, 5.41) is 3.83. The number of fused-ring (bicyclic) bond motifs is 1. The fraction of sp³-hybridized carbons (Fsp3) is 0.524. The molecule has 1 amide bonds. The molecule has 1 saturated heterocycles. The van der Waals surface area contributed by atoms with Gasteiger partial charge in [0.25, 0.3) is 5.56 Å². The third-order valence-electron chi connectivity index (χ3n) is 5.41. The highest BCUT2D eigenvalue weighted by molar-refractivity contribution is 5.83. The van der Waals surface area contributed by atoms with Gasteiger partial charge in [0.05, 0.1) is 19.7 Å². The summed E-state index contributed by atoms with van der Waals surface area (Å²) in [5.41, 5.74) is 1.08. The lowest BCUT2D eigenvalue weighted by molar-refractivity contribution is -0.121. The van der Waals surface area contributed by atoms with Crippen molar-refractivity contribution in [3.63, 3.8) is 0 Å². The molecule has 28 heavy (non-hydrogen) atoms. The summed E-state index contributed by atoms with van der Waals surface area (Å²) in [5.74, 6) is 1.13. The summed E-state index contributed by atoms with van der Waals surface area (Å²) < 4.78 is 10.6. The van der Waals surface area contributed by atoms with Crippen molar-refractivity contribution in [2.45, 2.75) is 38.6 Å². The van der Waals surface area contributed by atoms with Gasteiger partial charge in [-0.05, 0) is 51.4 Å². The lowest BCUT2D eigenvalue weighted by atomic mass is 10.1.